The van der Waals surface area contributed by atoms with Crippen LogP contribution < -0.4 is 5.32 Å². The second-order valence-electron chi connectivity index (χ2n) is 4.62. The Morgan fingerprint density at radius 1 is 1.47 bits per heavy atom. The van der Waals surface area contributed by atoms with Crippen LogP contribution in [0.5, 0.6) is 0 Å². The fourth-order valence-corrected chi connectivity index (χ4v) is 2.73. The average Bonchev–Trinajstić information content (AvgIpc) is 2.23. The summed E-state index contributed by atoms with van der Waals surface area (Å²) >= 11 is 5.18. The number of benzene rings is 1. The van der Waals surface area contributed by atoms with Gasteiger partial charge in [-0.2, -0.15) is 11.8 Å². The first-order chi connectivity index (χ1) is 7.94. The molecule has 0 aliphatic carbocycles. The number of halogens is 1. The van der Waals surface area contributed by atoms with Crippen molar-refractivity contribution in [1.82, 2.24) is 5.32 Å². The summed E-state index contributed by atoms with van der Waals surface area (Å²) in [4.78, 5) is 0. The van der Waals surface area contributed by atoms with E-state index in [4.69, 9.17) is 0 Å². The summed E-state index contributed by atoms with van der Waals surface area (Å²) in [5, 5.41) is 13.3. The lowest BCUT2D eigenvalue weighted by Gasteiger charge is -2.22. The summed E-state index contributed by atoms with van der Waals surface area (Å²) in [6.45, 7) is 5.33. The number of rotatable bonds is 6. The van der Waals surface area contributed by atoms with E-state index in [1.807, 2.05) is 13.2 Å². The Hall–Kier alpha value is -0.0300. The summed E-state index contributed by atoms with van der Waals surface area (Å²) < 4.78 is 1.13. The normalized spacial score (nSPS) is 14.6. The maximum Gasteiger partial charge on any atom is 0.0833 e. The zero-order valence-corrected chi connectivity index (χ0v) is 13.0. The summed E-state index contributed by atoms with van der Waals surface area (Å²) in [5.41, 5.74) is 1.83. The minimum Gasteiger partial charge on any atom is -0.388 e. The van der Waals surface area contributed by atoms with Gasteiger partial charge in [0, 0.05) is 23.3 Å². The van der Waals surface area contributed by atoms with Gasteiger partial charge in [0.2, 0.25) is 0 Å². The van der Waals surface area contributed by atoms with Gasteiger partial charge in [-0.15, -0.1) is 0 Å². The molecule has 0 saturated carbocycles. The highest BCUT2D eigenvalue weighted by molar-refractivity contribution is 9.10. The number of thioether (sulfide) groups is 1. The van der Waals surface area contributed by atoms with Crippen molar-refractivity contribution in [2.45, 2.75) is 26.0 Å². The lowest BCUT2D eigenvalue weighted by molar-refractivity contribution is 0.0846. The monoisotopic (exact) mass is 317 g/mol. The Kier molecular flexibility index (Phi) is 6.00. The third kappa shape index (κ3) is 5.42. The molecule has 2 N–H and O–H groups in total. The SMILES string of the molecule is CSCC(C)(O)CNCc1ccc(C)c(Br)c1. The second kappa shape index (κ2) is 6.78. The van der Waals surface area contributed by atoms with E-state index in [-0.39, 0.29) is 0 Å². The summed E-state index contributed by atoms with van der Waals surface area (Å²) in [7, 11) is 0. The molecule has 0 radical (unpaired) electrons. The summed E-state index contributed by atoms with van der Waals surface area (Å²) in [6, 6.07) is 6.32. The van der Waals surface area contributed by atoms with Crippen LogP contribution in [0.3, 0.4) is 0 Å². The van der Waals surface area contributed by atoms with Crippen molar-refractivity contribution < 1.29 is 5.11 Å². The van der Waals surface area contributed by atoms with E-state index in [0.29, 0.717) is 6.54 Å². The Labute approximate surface area is 116 Å². The zero-order valence-electron chi connectivity index (χ0n) is 10.6. The minimum atomic E-state index is -0.638. The predicted molar refractivity (Wildman–Crippen MR) is 79.6 cm³/mol. The van der Waals surface area contributed by atoms with Crippen molar-refractivity contribution >= 4 is 27.7 Å². The molecule has 1 rings (SSSR count). The maximum atomic E-state index is 10.00. The Balaban J connectivity index is 2.43. The molecule has 4 heteroatoms. The summed E-state index contributed by atoms with van der Waals surface area (Å²) in [6.07, 6.45) is 2.01. The molecule has 0 saturated heterocycles. The van der Waals surface area contributed by atoms with Gasteiger partial charge in [-0.05, 0) is 37.3 Å². The second-order valence-corrected chi connectivity index (χ2v) is 6.34. The fraction of sp³-hybridized carbons (Fsp3) is 0.538. The van der Waals surface area contributed by atoms with Gasteiger partial charge >= 0.3 is 0 Å². The van der Waals surface area contributed by atoms with Crippen LogP contribution in [0.25, 0.3) is 0 Å². The van der Waals surface area contributed by atoms with Gasteiger partial charge in [0.25, 0.3) is 0 Å². The fourth-order valence-electron chi connectivity index (χ4n) is 1.58. The molecule has 1 unspecified atom stereocenters. The van der Waals surface area contributed by atoms with Crippen LogP contribution in [0.15, 0.2) is 22.7 Å². The molecule has 0 fully saturated rings. The summed E-state index contributed by atoms with van der Waals surface area (Å²) in [5.74, 6) is 0.748. The van der Waals surface area contributed by atoms with Gasteiger partial charge in [-0.1, -0.05) is 28.1 Å². The van der Waals surface area contributed by atoms with Crippen LogP contribution in [0.4, 0.5) is 0 Å². The number of aryl methyl sites for hydroxylation is 1. The van der Waals surface area contributed by atoms with Crippen LogP contribution in [0.2, 0.25) is 0 Å². The molecular weight excluding hydrogens is 298 g/mol. The molecule has 17 heavy (non-hydrogen) atoms. The molecule has 0 spiro atoms. The third-order valence-corrected chi connectivity index (χ3v) is 4.29. The van der Waals surface area contributed by atoms with Gasteiger partial charge in [0.1, 0.15) is 0 Å². The highest BCUT2D eigenvalue weighted by Crippen LogP contribution is 2.17. The zero-order chi connectivity index (χ0) is 12.9. The van der Waals surface area contributed by atoms with Gasteiger partial charge < -0.3 is 10.4 Å². The van der Waals surface area contributed by atoms with Crippen molar-refractivity contribution in [1.29, 1.82) is 0 Å². The molecule has 0 amide bonds. The maximum absolute atomic E-state index is 10.00. The largest absolute Gasteiger partial charge is 0.388 e. The topological polar surface area (TPSA) is 32.3 Å². The molecular formula is C13H20BrNOS. The smallest absolute Gasteiger partial charge is 0.0833 e. The molecule has 2 nitrogen and oxygen atoms in total. The molecule has 0 aliphatic rings. The molecule has 0 bridgehead atoms. The first kappa shape index (κ1) is 15.0. The Morgan fingerprint density at radius 3 is 2.76 bits per heavy atom. The molecule has 1 aromatic rings. The average molecular weight is 318 g/mol. The van der Waals surface area contributed by atoms with Crippen LogP contribution in [-0.2, 0) is 6.54 Å². The van der Waals surface area contributed by atoms with E-state index in [1.54, 1.807) is 11.8 Å². The van der Waals surface area contributed by atoms with Crippen molar-refractivity contribution in [2.75, 3.05) is 18.6 Å². The van der Waals surface area contributed by atoms with Crippen LogP contribution in [-0.4, -0.2) is 29.3 Å². The lowest BCUT2D eigenvalue weighted by Crippen LogP contribution is -2.39. The molecule has 1 atom stereocenters. The van der Waals surface area contributed by atoms with E-state index >= 15 is 0 Å². The van der Waals surface area contributed by atoms with Gasteiger partial charge in [-0.25, -0.2) is 0 Å². The van der Waals surface area contributed by atoms with Crippen molar-refractivity contribution in [3.63, 3.8) is 0 Å². The highest BCUT2D eigenvalue weighted by Gasteiger charge is 2.18. The van der Waals surface area contributed by atoms with E-state index in [1.165, 1.54) is 11.1 Å². The number of aliphatic hydroxyl groups is 1. The highest BCUT2D eigenvalue weighted by atomic mass is 79.9. The Bertz CT molecular complexity index is 368. The predicted octanol–water partition coefficient (Wildman–Crippen LogP) is 2.96. The van der Waals surface area contributed by atoms with E-state index in [2.05, 4.69) is 46.4 Å². The standard InChI is InChI=1S/C13H20BrNOS/c1-10-4-5-11(6-12(10)14)7-15-8-13(2,16)9-17-3/h4-6,15-16H,7-9H2,1-3H3. The van der Waals surface area contributed by atoms with Crippen LogP contribution in [0, 0.1) is 6.92 Å². The van der Waals surface area contributed by atoms with E-state index in [9.17, 15) is 5.11 Å². The van der Waals surface area contributed by atoms with Crippen molar-refractivity contribution in [3.8, 4) is 0 Å². The van der Waals surface area contributed by atoms with Crippen LogP contribution in [0.1, 0.15) is 18.1 Å². The van der Waals surface area contributed by atoms with E-state index < -0.39 is 5.60 Å². The number of nitrogens with one attached hydrogen (secondary N) is 1. The van der Waals surface area contributed by atoms with Crippen molar-refractivity contribution in [3.05, 3.63) is 33.8 Å². The first-order valence-electron chi connectivity index (χ1n) is 5.62. The van der Waals surface area contributed by atoms with Crippen LogP contribution >= 0.6 is 27.7 Å². The first-order valence-corrected chi connectivity index (χ1v) is 7.80. The minimum absolute atomic E-state index is 0.610. The van der Waals surface area contributed by atoms with Gasteiger partial charge in [-0.3, -0.25) is 0 Å². The molecule has 0 heterocycles. The third-order valence-electron chi connectivity index (χ3n) is 2.53. The van der Waals surface area contributed by atoms with Crippen molar-refractivity contribution in [2.24, 2.45) is 0 Å². The van der Waals surface area contributed by atoms with E-state index in [0.717, 1.165) is 16.8 Å². The molecule has 96 valence electrons. The lowest BCUT2D eigenvalue weighted by atomic mass is 10.1. The molecule has 0 aliphatic heterocycles. The molecule has 1 aromatic carbocycles. The number of hydrogen-bond acceptors (Lipinski definition) is 3. The van der Waals surface area contributed by atoms with Gasteiger partial charge in [0.05, 0.1) is 5.60 Å². The van der Waals surface area contributed by atoms with Gasteiger partial charge in [0.15, 0.2) is 0 Å². The number of hydrogen-bond donors (Lipinski definition) is 2. The quantitative estimate of drug-likeness (QED) is 0.846. The Morgan fingerprint density at radius 2 is 2.18 bits per heavy atom. The molecule has 0 aromatic heterocycles.